The predicted octanol–water partition coefficient (Wildman–Crippen LogP) is 15.4. The summed E-state index contributed by atoms with van der Waals surface area (Å²) in [5, 5.41) is 4.87. The summed E-state index contributed by atoms with van der Waals surface area (Å²) in [6, 6.07) is 66.6. The Balaban J connectivity index is 0.978. The van der Waals surface area contributed by atoms with Crippen LogP contribution in [0.2, 0.25) is 0 Å². The molecular weight excluding hydrogens is 785 g/mol. The second-order valence-electron chi connectivity index (χ2n) is 19.7. The van der Waals surface area contributed by atoms with Crippen LogP contribution in [0.25, 0.3) is 49.4 Å². The molecule has 4 aliphatic carbocycles. The van der Waals surface area contributed by atoms with Crippen LogP contribution in [0.4, 0.5) is 17.1 Å². The van der Waals surface area contributed by atoms with Gasteiger partial charge in [0.1, 0.15) is 5.58 Å². The van der Waals surface area contributed by atoms with Gasteiger partial charge in [-0.15, -0.1) is 0 Å². The third-order valence-electron chi connectivity index (χ3n) is 17.5. The van der Waals surface area contributed by atoms with Gasteiger partial charge in [-0.05, 0) is 132 Å². The summed E-state index contributed by atoms with van der Waals surface area (Å²) in [5.74, 6) is 2.83. The van der Waals surface area contributed by atoms with Gasteiger partial charge in [0.05, 0.1) is 33.5 Å². The number of nitrogens with zero attached hydrogens (tertiary/aromatic N) is 2. The molecule has 300 valence electrons. The number of hydrogen-bond acceptors (Lipinski definition) is 3. The molecule has 8 aromatic carbocycles. The molecule has 63 heavy (non-hydrogen) atoms. The summed E-state index contributed by atoms with van der Waals surface area (Å²) in [6.07, 6.45) is 7.21. The van der Waals surface area contributed by atoms with E-state index in [9.17, 15) is 0 Å². The number of furan rings is 1. The molecule has 0 radical (unpaired) electrons. The van der Waals surface area contributed by atoms with Crippen molar-refractivity contribution in [2.45, 2.75) is 52.7 Å². The number of aromatic nitrogens is 1. The highest BCUT2D eigenvalue weighted by molar-refractivity contribution is 7.99. The Morgan fingerprint density at radius 2 is 1.25 bits per heavy atom. The van der Waals surface area contributed by atoms with Crippen LogP contribution in [0.1, 0.15) is 59.9 Å². The lowest BCUT2D eigenvalue weighted by Crippen LogP contribution is -2.68. The van der Waals surface area contributed by atoms with Crippen LogP contribution in [0.15, 0.2) is 190 Å². The van der Waals surface area contributed by atoms with Gasteiger partial charge in [-0.2, -0.15) is 0 Å². The van der Waals surface area contributed by atoms with Crippen LogP contribution in [-0.2, 0) is 10.8 Å². The van der Waals surface area contributed by atoms with E-state index in [2.05, 4.69) is 185 Å². The molecule has 4 heterocycles. The van der Waals surface area contributed by atoms with Gasteiger partial charge in [-0.25, -0.2) is 0 Å². The zero-order valence-electron chi connectivity index (χ0n) is 34.7. The van der Waals surface area contributed by atoms with Gasteiger partial charge in [0.25, 0.3) is 0 Å². The molecule has 0 amide bonds. The Morgan fingerprint density at radius 1 is 0.540 bits per heavy atom. The van der Waals surface area contributed by atoms with E-state index in [-0.39, 0.29) is 0 Å². The van der Waals surface area contributed by atoms with Gasteiger partial charge >= 0.3 is 0 Å². The zero-order valence-corrected chi connectivity index (χ0v) is 35.5. The molecule has 6 aliphatic rings. The van der Waals surface area contributed by atoms with E-state index in [1.54, 1.807) is 5.56 Å². The lowest BCUT2D eigenvalue weighted by Gasteiger charge is -2.73. The number of fused-ring (bicyclic) bond motifs is 15. The Hall–Kier alpha value is -6.49. The van der Waals surface area contributed by atoms with Crippen LogP contribution in [0.3, 0.4) is 0 Å². The quantitative estimate of drug-likeness (QED) is 0.176. The summed E-state index contributed by atoms with van der Waals surface area (Å²) in [4.78, 5) is 5.09. The average Bonchev–Trinajstić information content (AvgIpc) is 4.07. The van der Waals surface area contributed by atoms with Crippen LogP contribution >= 0.6 is 11.8 Å². The van der Waals surface area contributed by atoms with Gasteiger partial charge in [0.15, 0.2) is 5.58 Å². The lowest BCUT2D eigenvalue weighted by atomic mass is 9.31. The van der Waals surface area contributed by atoms with E-state index in [1.165, 1.54) is 97.3 Å². The van der Waals surface area contributed by atoms with Gasteiger partial charge < -0.3 is 13.9 Å². The smallest absolute Gasteiger partial charge is 0.159 e. The van der Waals surface area contributed by atoms with Crippen molar-refractivity contribution in [3.05, 3.63) is 204 Å². The number of para-hydroxylation sites is 5. The number of anilines is 3. The molecule has 2 bridgehead atoms. The van der Waals surface area contributed by atoms with Crippen molar-refractivity contribution in [3.63, 3.8) is 0 Å². The molecule has 0 saturated heterocycles. The number of benzene rings is 8. The third-order valence-corrected chi connectivity index (χ3v) is 18.7. The normalized spacial score (nSPS) is 26.4. The Bertz CT molecular complexity index is 3650. The zero-order chi connectivity index (χ0) is 40.8. The molecule has 4 saturated carbocycles. The van der Waals surface area contributed by atoms with Crippen molar-refractivity contribution in [2.24, 2.45) is 23.2 Å². The minimum atomic E-state index is -0.575. The van der Waals surface area contributed by atoms with Crippen molar-refractivity contribution in [3.8, 4) is 5.69 Å². The molecule has 4 fully saturated rings. The minimum absolute atomic E-state index is 0.376. The first-order valence-electron chi connectivity index (χ1n) is 23.0. The van der Waals surface area contributed by atoms with E-state index in [0.29, 0.717) is 10.8 Å². The van der Waals surface area contributed by atoms with Crippen molar-refractivity contribution in [1.29, 1.82) is 0 Å². The fraction of sp³-hybridized carbons (Fsp3) is 0.186. The summed E-state index contributed by atoms with van der Waals surface area (Å²) >= 11 is 1.92. The predicted molar refractivity (Wildman–Crippen MR) is 256 cm³/mol. The molecule has 4 heteroatoms. The highest BCUT2D eigenvalue weighted by Gasteiger charge is 2.80. The maximum absolute atomic E-state index is 6.91. The number of hydrogen-bond donors (Lipinski definition) is 0. The third kappa shape index (κ3) is 3.84. The summed E-state index contributed by atoms with van der Waals surface area (Å²) < 4.78 is 9.45. The Labute approximate surface area is 370 Å². The topological polar surface area (TPSA) is 21.3 Å². The molecule has 2 aliphatic heterocycles. The second-order valence-corrected chi connectivity index (χ2v) is 20.7. The van der Waals surface area contributed by atoms with Crippen LogP contribution < -0.4 is 4.90 Å². The molecular formula is C59H42N2OS. The van der Waals surface area contributed by atoms with E-state index in [1.807, 2.05) is 11.8 Å². The SMILES string of the molecule is c1ccc2c(c1)Sc1c(N(c3ccc(C45CC6CC7CC(C4)C75C6)cc3)c3cccc4c3oc3ccccc34)cccc1C21c2ccccc2-n2c3ccccc3c3cccc1c32. The van der Waals surface area contributed by atoms with Crippen LogP contribution in [0.5, 0.6) is 0 Å². The molecule has 6 unspecified atom stereocenters. The standard InChI is InChI=1S/C59H42N2OS/c1-5-20-48-40(12-1)42-14-9-18-46-54(42)61(48)49-21-6-3-16-44(49)59(46)45-17-4-8-25-53(45)63-56-47(59)19-11-23-51(56)60(50-22-10-15-43-41-13-2-7-24-52(41)62-55(43)50)39-28-26-36(27-29-39)57-32-35-30-37-31-38(34-57)58(37,57)33-35/h1-29,35,37-38H,30-34H2. The maximum Gasteiger partial charge on any atom is 0.159 e. The first-order valence-corrected chi connectivity index (χ1v) is 23.8. The average molecular weight is 827 g/mol. The van der Waals surface area contributed by atoms with Crippen LogP contribution in [0, 0.1) is 23.2 Å². The first kappa shape index (κ1) is 34.1. The first-order chi connectivity index (χ1) is 31.2. The van der Waals surface area contributed by atoms with Crippen molar-refractivity contribution in [2.75, 3.05) is 4.90 Å². The summed E-state index contributed by atoms with van der Waals surface area (Å²) in [6.45, 7) is 0. The summed E-state index contributed by atoms with van der Waals surface area (Å²) in [5.41, 5.74) is 16.3. The monoisotopic (exact) mass is 826 g/mol. The summed E-state index contributed by atoms with van der Waals surface area (Å²) in [7, 11) is 0. The Morgan fingerprint density at radius 3 is 2.16 bits per heavy atom. The highest BCUT2D eigenvalue weighted by Crippen LogP contribution is 2.86. The lowest BCUT2D eigenvalue weighted by molar-refractivity contribution is -0.198. The van der Waals surface area contributed by atoms with E-state index >= 15 is 0 Å². The molecule has 3 nitrogen and oxygen atoms in total. The molecule has 6 atom stereocenters. The maximum atomic E-state index is 6.91. The van der Waals surface area contributed by atoms with E-state index < -0.39 is 5.41 Å². The molecule has 10 aromatic rings. The minimum Gasteiger partial charge on any atom is -0.454 e. The van der Waals surface area contributed by atoms with E-state index in [0.717, 1.165) is 51.1 Å². The molecule has 0 N–H and O–H groups in total. The second kappa shape index (κ2) is 11.5. The van der Waals surface area contributed by atoms with E-state index in [4.69, 9.17) is 4.42 Å². The van der Waals surface area contributed by atoms with Gasteiger partial charge in [-0.1, -0.05) is 139 Å². The molecule has 2 spiro atoms. The van der Waals surface area contributed by atoms with Gasteiger partial charge in [0.2, 0.25) is 0 Å². The van der Waals surface area contributed by atoms with Gasteiger partial charge in [0, 0.05) is 42.4 Å². The molecule has 16 rings (SSSR count). The van der Waals surface area contributed by atoms with Gasteiger partial charge in [-0.3, -0.25) is 0 Å². The van der Waals surface area contributed by atoms with Crippen LogP contribution in [-0.4, -0.2) is 4.57 Å². The fourth-order valence-electron chi connectivity index (χ4n) is 15.4. The van der Waals surface area contributed by atoms with Crippen molar-refractivity contribution >= 4 is 72.6 Å². The Kier molecular flexibility index (Phi) is 6.24. The van der Waals surface area contributed by atoms with Crippen molar-refractivity contribution < 1.29 is 4.42 Å². The van der Waals surface area contributed by atoms with Crippen molar-refractivity contribution in [1.82, 2.24) is 4.57 Å². The highest BCUT2D eigenvalue weighted by atomic mass is 32.2. The largest absolute Gasteiger partial charge is 0.454 e. The molecule has 2 aromatic heterocycles. The number of rotatable bonds is 4. The fourth-order valence-corrected chi connectivity index (χ4v) is 16.7.